The second kappa shape index (κ2) is 9.32. The molecular formula is C23H19ClN4O2S. The Balaban J connectivity index is 1.57. The number of nitrogens with zero attached hydrogens (tertiary/aromatic N) is 2. The van der Waals surface area contributed by atoms with Gasteiger partial charge in [0, 0.05) is 23.7 Å². The predicted molar refractivity (Wildman–Crippen MR) is 127 cm³/mol. The lowest BCUT2D eigenvalue weighted by atomic mass is 10.1. The van der Waals surface area contributed by atoms with Gasteiger partial charge in [0.1, 0.15) is 0 Å². The summed E-state index contributed by atoms with van der Waals surface area (Å²) in [5.41, 5.74) is 2.68. The molecule has 8 heteroatoms. The smallest absolute Gasteiger partial charge is 0.264 e. The second-order valence-corrected chi connectivity index (χ2v) is 8.30. The number of benzene rings is 2. The van der Waals surface area contributed by atoms with Crippen LogP contribution in [0.15, 0.2) is 64.6 Å². The Morgan fingerprint density at radius 3 is 2.97 bits per heavy atom. The number of nitrogens with one attached hydrogen (secondary N) is 2. The summed E-state index contributed by atoms with van der Waals surface area (Å²) in [5.74, 6) is -0.419. The maximum Gasteiger partial charge on any atom is 0.264 e. The van der Waals surface area contributed by atoms with Crippen LogP contribution in [0.5, 0.6) is 0 Å². The average Bonchev–Trinajstić information content (AvgIpc) is 3.12. The SMILES string of the molecule is CCCNC(=O)c1ccc(Cl)c(N=C2NC(=O)C(=Cc3ccc4ncccc4c3)S2)c1. The lowest BCUT2D eigenvalue weighted by Crippen LogP contribution is -2.23. The molecule has 1 fully saturated rings. The minimum atomic E-state index is -0.233. The van der Waals surface area contributed by atoms with Crippen molar-refractivity contribution in [1.29, 1.82) is 0 Å². The van der Waals surface area contributed by atoms with Gasteiger partial charge in [-0.2, -0.15) is 0 Å². The van der Waals surface area contributed by atoms with Crippen molar-refractivity contribution in [3.8, 4) is 0 Å². The molecule has 0 aliphatic carbocycles. The molecule has 0 atom stereocenters. The van der Waals surface area contributed by atoms with Crippen LogP contribution in [0.3, 0.4) is 0 Å². The van der Waals surface area contributed by atoms with Gasteiger partial charge in [-0.15, -0.1) is 0 Å². The summed E-state index contributed by atoms with van der Waals surface area (Å²) in [5, 5.41) is 7.38. The van der Waals surface area contributed by atoms with Crippen molar-refractivity contribution in [2.24, 2.45) is 4.99 Å². The van der Waals surface area contributed by atoms with E-state index in [1.54, 1.807) is 24.4 Å². The lowest BCUT2D eigenvalue weighted by Gasteiger charge is -2.06. The van der Waals surface area contributed by atoms with E-state index in [1.807, 2.05) is 43.3 Å². The lowest BCUT2D eigenvalue weighted by molar-refractivity contribution is -0.115. The van der Waals surface area contributed by atoms with Crippen molar-refractivity contribution in [1.82, 2.24) is 15.6 Å². The molecule has 2 heterocycles. The van der Waals surface area contributed by atoms with E-state index in [4.69, 9.17) is 11.6 Å². The van der Waals surface area contributed by atoms with E-state index in [-0.39, 0.29) is 11.8 Å². The molecule has 1 saturated heterocycles. The molecule has 3 aromatic rings. The summed E-state index contributed by atoms with van der Waals surface area (Å²) in [6.45, 7) is 2.58. The van der Waals surface area contributed by atoms with E-state index >= 15 is 0 Å². The first-order valence-electron chi connectivity index (χ1n) is 9.75. The number of carbonyl (C=O) groups is 2. The fourth-order valence-corrected chi connectivity index (χ4v) is 4.00. The normalized spacial score (nSPS) is 16.1. The zero-order valence-corrected chi connectivity index (χ0v) is 18.3. The quantitative estimate of drug-likeness (QED) is 0.540. The minimum Gasteiger partial charge on any atom is -0.352 e. The maximum absolute atomic E-state index is 12.4. The van der Waals surface area contributed by atoms with Gasteiger partial charge in [-0.25, -0.2) is 4.99 Å². The number of amidine groups is 1. The zero-order chi connectivity index (χ0) is 21.8. The molecule has 2 aromatic carbocycles. The molecule has 4 rings (SSSR count). The first-order chi connectivity index (χ1) is 15.0. The van der Waals surface area contributed by atoms with E-state index in [9.17, 15) is 9.59 Å². The van der Waals surface area contributed by atoms with Crippen LogP contribution in [0.1, 0.15) is 29.3 Å². The van der Waals surface area contributed by atoms with Crippen molar-refractivity contribution in [2.75, 3.05) is 6.54 Å². The third kappa shape index (κ3) is 4.95. The number of carbonyl (C=O) groups excluding carboxylic acids is 2. The minimum absolute atomic E-state index is 0.186. The Labute approximate surface area is 188 Å². The number of amides is 2. The van der Waals surface area contributed by atoms with Gasteiger partial charge in [0.05, 0.1) is 21.1 Å². The molecule has 31 heavy (non-hydrogen) atoms. The first-order valence-corrected chi connectivity index (χ1v) is 10.9. The molecule has 156 valence electrons. The number of aliphatic imine (C=N–C) groups is 1. The molecule has 0 radical (unpaired) electrons. The highest BCUT2D eigenvalue weighted by atomic mass is 35.5. The van der Waals surface area contributed by atoms with Gasteiger partial charge in [-0.3, -0.25) is 14.6 Å². The van der Waals surface area contributed by atoms with Gasteiger partial charge < -0.3 is 10.6 Å². The first kappa shape index (κ1) is 21.1. The van der Waals surface area contributed by atoms with Gasteiger partial charge in [0.2, 0.25) is 0 Å². The third-order valence-electron chi connectivity index (χ3n) is 4.54. The highest BCUT2D eigenvalue weighted by Gasteiger charge is 2.24. The van der Waals surface area contributed by atoms with E-state index in [2.05, 4.69) is 20.6 Å². The Morgan fingerprint density at radius 2 is 2.13 bits per heavy atom. The average molecular weight is 451 g/mol. The second-order valence-electron chi connectivity index (χ2n) is 6.86. The zero-order valence-electron chi connectivity index (χ0n) is 16.7. The number of hydrogen-bond donors (Lipinski definition) is 2. The molecule has 0 spiro atoms. The number of fused-ring (bicyclic) bond motifs is 1. The summed E-state index contributed by atoms with van der Waals surface area (Å²) >= 11 is 7.49. The van der Waals surface area contributed by atoms with Gasteiger partial charge in [0.25, 0.3) is 11.8 Å². The Bertz CT molecular complexity index is 1240. The number of thioether (sulfide) groups is 1. The summed E-state index contributed by atoms with van der Waals surface area (Å²) < 4.78 is 0. The number of rotatable bonds is 5. The van der Waals surface area contributed by atoms with Crippen molar-refractivity contribution in [2.45, 2.75) is 13.3 Å². The fraction of sp³-hybridized carbons (Fsp3) is 0.130. The molecule has 2 amide bonds. The standard InChI is InChI=1S/C23H19ClN4O2S/c1-2-9-26-21(29)16-6-7-17(24)19(13-16)27-23-28-22(30)20(31-23)12-14-5-8-18-15(11-14)4-3-10-25-18/h3-8,10-13H,2,9H2,1H3,(H,26,29)(H,27,28,30). The Morgan fingerprint density at radius 1 is 1.26 bits per heavy atom. The molecule has 2 N–H and O–H groups in total. The van der Waals surface area contributed by atoms with Gasteiger partial charge in [-0.1, -0.05) is 30.7 Å². The molecule has 0 unspecified atom stereocenters. The summed E-state index contributed by atoms with van der Waals surface area (Å²) in [6.07, 6.45) is 4.40. The van der Waals surface area contributed by atoms with Crippen molar-refractivity contribution >= 4 is 63.0 Å². The number of hydrogen-bond acceptors (Lipinski definition) is 5. The molecule has 1 aromatic heterocycles. The van der Waals surface area contributed by atoms with Crippen LogP contribution in [-0.2, 0) is 4.79 Å². The maximum atomic E-state index is 12.4. The topological polar surface area (TPSA) is 83.5 Å². The van der Waals surface area contributed by atoms with E-state index in [1.165, 1.54) is 11.8 Å². The third-order valence-corrected chi connectivity index (χ3v) is 5.77. The fourth-order valence-electron chi connectivity index (χ4n) is 3.01. The van der Waals surface area contributed by atoms with Crippen molar-refractivity contribution < 1.29 is 9.59 Å². The van der Waals surface area contributed by atoms with Gasteiger partial charge >= 0.3 is 0 Å². The van der Waals surface area contributed by atoms with Crippen LogP contribution in [0, 0.1) is 0 Å². The van der Waals surface area contributed by atoms with Crippen molar-refractivity contribution in [3.63, 3.8) is 0 Å². The number of pyridine rings is 1. The summed E-state index contributed by atoms with van der Waals surface area (Å²) in [7, 11) is 0. The van der Waals surface area contributed by atoms with E-state index < -0.39 is 0 Å². The van der Waals surface area contributed by atoms with E-state index in [0.717, 1.165) is 22.9 Å². The van der Waals surface area contributed by atoms with Gasteiger partial charge in [0.15, 0.2) is 5.17 Å². The molecule has 0 saturated carbocycles. The highest BCUT2D eigenvalue weighted by Crippen LogP contribution is 2.32. The van der Waals surface area contributed by atoms with Crippen LogP contribution in [0.4, 0.5) is 5.69 Å². The summed E-state index contributed by atoms with van der Waals surface area (Å²) in [4.78, 5) is 33.9. The molecule has 1 aliphatic heterocycles. The molecular weight excluding hydrogens is 432 g/mol. The number of halogens is 1. The van der Waals surface area contributed by atoms with Crippen LogP contribution >= 0.6 is 23.4 Å². The predicted octanol–water partition coefficient (Wildman–Crippen LogP) is 4.92. The monoisotopic (exact) mass is 450 g/mol. The van der Waals surface area contributed by atoms with Crippen LogP contribution in [0.25, 0.3) is 17.0 Å². The molecule has 0 bridgehead atoms. The Kier molecular flexibility index (Phi) is 6.34. The highest BCUT2D eigenvalue weighted by molar-refractivity contribution is 8.18. The Hall–Kier alpha value is -3.16. The van der Waals surface area contributed by atoms with Gasteiger partial charge in [-0.05, 0) is 66.2 Å². The van der Waals surface area contributed by atoms with E-state index in [0.29, 0.717) is 32.9 Å². The largest absolute Gasteiger partial charge is 0.352 e. The molecule has 1 aliphatic rings. The van der Waals surface area contributed by atoms with Crippen LogP contribution < -0.4 is 10.6 Å². The van der Waals surface area contributed by atoms with Crippen LogP contribution in [-0.4, -0.2) is 28.5 Å². The molecule has 6 nitrogen and oxygen atoms in total. The van der Waals surface area contributed by atoms with Crippen molar-refractivity contribution in [3.05, 3.63) is 75.8 Å². The number of aromatic nitrogens is 1. The summed E-state index contributed by atoms with van der Waals surface area (Å²) in [6, 6.07) is 14.6. The van der Waals surface area contributed by atoms with Crippen LogP contribution in [0.2, 0.25) is 5.02 Å².